The maximum atomic E-state index is 12.8. The number of anilines is 1. The van der Waals surface area contributed by atoms with Crippen molar-refractivity contribution in [1.82, 2.24) is 5.32 Å². The predicted molar refractivity (Wildman–Crippen MR) is 129 cm³/mol. The molecule has 3 aromatic rings. The summed E-state index contributed by atoms with van der Waals surface area (Å²) in [5.41, 5.74) is 1.86. The minimum Gasteiger partial charge on any atom is -0.493 e. The van der Waals surface area contributed by atoms with Crippen LogP contribution in [0.15, 0.2) is 60.7 Å². The standard InChI is InChI=1S/C26H26N2O7/c1-31-21-9-7-17(13-23(21)32-2)11-12-27-25(29)15-33-20-6-4-3-5-19(20)26(30)28-18-8-10-22-24(14-18)35-16-34-22/h3-10,13-14H,11-12,15-16H2,1-2H3,(H,27,29)(H,28,30). The smallest absolute Gasteiger partial charge is 0.259 e. The molecule has 35 heavy (non-hydrogen) atoms. The van der Waals surface area contributed by atoms with Crippen LogP contribution in [-0.4, -0.2) is 46.0 Å². The minimum atomic E-state index is -0.367. The maximum Gasteiger partial charge on any atom is 0.259 e. The molecule has 0 atom stereocenters. The molecule has 0 aromatic heterocycles. The van der Waals surface area contributed by atoms with Crippen molar-refractivity contribution in [3.05, 3.63) is 71.8 Å². The summed E-state index contributed by atoms with van der Waals surface area (Å²) in [6.07, 6.45) is 0.612. The van der Waals surface area contributed by atoms with Gasteiger partial charge in [0, 0.05) is 18.3 Å². The first kappa shape index (κ1) is 23.7. The summed E-state index contributed by atoms with van der Waals surface area (Å²) < 4.78 is 26.8. The summed E-state index contributed by atoms with van der Waals surface area (Å²) in [7, 11) is 3.16. The molecule has 4 rings (SSSR count). The first-order valence-corrected chi connectivity index (χ1v) is 11.0. The number of hydrogen-bond donors (Lipinski definition) is 2. The van der Waals surface area contributed by atoms with E-state index < -0.39 is 0 Å². The first-order valence-electron chi connectivity index (χ1n) is 11.0. The van der Waals surface area contributed by atoms with Gasteiger partial charge in [0.05, 0.1) is 19.8 Å². The molecule has 3 aromatic carbocycles. The Morgan fingerprint density at radius 2 is 1.69 bits per heavy atom. The molecule has 182 valence electrons. The molecule has 2 amide bonds. The van der Waals surface area contributed by atoms with E-state index in [0.717, 1.165) is 5.56 Å². The van der Waals surface area contributed by atoms with Crippen LogP contribution < -0.4 is 34.3 Å². The number of para-hydroxylation sites is 1. The molecule has 0 spiro atoms. The second kappa shape index (κ2) is 11.1. The highest BCUT2D eigenvalue weighted by molar-refractivity contribution is 6.06. The number of amides is 2. The second-order valence-electron chi connectivity index (χ2n) is 7.60. The van der Waals surface area contributed by atoms with E-state index in [1.54, 1.807) is 56.7 Å². The molecule has 9 heteroatoms. The van der Waals surface area contributed by atoms with Crippen molar-refractivity contribution >= 4 is 17.5 Å². The van der Waals surface area contributed by atoms with Gasteiger partial charge in [-0.05, 0) is 48.4 Å². The predicted octanol–water partition coefficient (Wildman–Crippen LogP) is 3.42. The van der Waals surface area contributed by atoms with Gasteiger partial charge in [-0.15, -0.1) is 0 Å². The van der Waals surface area contributed by atoms with Gasteiger partial charge in [0.25, 0.3) is 11.8 Å². The fraction of sp³-hybridized carbons (Fsp3) is 0.231. The maximum absolute atomic E-state index is 12.8. The number of methoxy groups -OCH3 is 2. The third kappa shape index (κ3) is 5.94. The van der Waals surface area contributed by atoms with Crippen LogP contribution in [0.1, 0.15) is 15.9 Å². The third-order valence-electron chi connectivity index (χ3n) is 5.30. The van der Waals surface area contributed by atoms with E-state index in [-0.39, 0.29) is 25.2 Å². The second-order valence-corrected chi connectivity index (χ2v) is 7.60. The molecule has 0 aliphatic carbocycles. The van der Waals surface area contributed by atoms with Crippen molar-refractivity contribution in [2.45, 2.75) is 6.42 Å². The van der Waals surface area contributed by atoms with E-state index in [2.05, 4.69) is 10.6 Å². The Morgan fingerprint density at radius 1 is 0.886 bits per heavy atom. The number of rotatable bonds is 10. The van der Waals surface area contributed by atoms with Crippen molar-refractivity contribution in [2.75, 3.05) is 39.5 Å². The topological polar surface area (TPSA) is 104 Å². The van der Waals surface area contributed by atoms with Gasteiger partial charge in [-0.1, -0.05) is 18.2 Å². The Morgan fingerprint density at radius 3 is 2.51 bits per heavy atom. The first-order chi connectivity index (χ1) is 17.1. The Kier molecular flexibility index (Phi) is 7.57. The van der Waals surface area contributed by atoms with Crippen LogP contribution in [0.5, 0.6) is 28.7 Å². The zero-order valence-electron chi connectivity index (χ0n) is 19.5. The molecule has 0 fully saturated rings. The van der Waals surface area contributed by atoms with Crippen LogP contribution in [0.3, 0.4) is 0 Å². The average Bonchev–Trinajstić information content (AvgIpc) is 3.35. The number of hydrogen-bond acceptors (Lipinski definition) is 7. The van der Waals surface area contributed by atoms with Gasteiger partial charge < -0.3 is 34.3 Å². The SMILES string of the molecule is COc1ccc(CCNC(=O)COc2ccccc2C(=O)Nc2ccc3c(c2)OCO3)cc1OC. The number of nitrogens with one attached hydrogen (secondary N) is 2. The number of carbonyl (C=O) groups is 2. The molecule has 0 bridgehead atoms. The van der Waals surface area contributed by atoms with Gasteiger partial charge in [-0.25, -0.2) is 0 Å². The van der Waals surface area contributed by atoms with Crippen LogP contribution in [0.4, 0.5) is 5.69 Å². The van der Waals surface area contributed by atoms with E-state index in [0.29, 0.717) is 53.0 Å². The van der Waals surface area contributed by atoms with Gasteiger partial charge in [0.1, 0.15) is 5.75 Å². The Hall–Kier alpha value is -4.40. The number of carbonyl (C=O) groups excluding carboxylic acids is 2. The molecule has 0 saturated carbocycles. The molecular weight excluding hydrogens is 452 g/mol. The van der Waals surface area contributed by atoms with Crippen molar-refractivity contribution in [3.63, 3.8) is 0 Å². The fourth-order valence-corrected chi connectivity index (χ4v) is 3.53. The molecule has 0 saturated heterocycles. The van der Waals surface area contributed by atoms with E-state index in [9.17, 15) is 9.59 Å². The summed E-state index contributed by atoms with van der Waals surface area (Å²) in [4.78, 5) is 25.1. The fourth-order valence-electron chi connectivity index (χ4n) is 3.53. The lowest BCUT2D eigenvalue weighted by molar-refractivity contribution is -0.123. The average molecular weight is 479 g/mol. The molecular formula is C26H26N2O7. The monoisotopic (exact) mass is 478 g/mol. The van der Waals surface area contributed by atoms with Crippen molar-refractivity contribution in [1.29, 1.82) is 0 Å². The third-order valence-corrected chi connectivity index (χ3v) is 5.30. The van der Waals surface area contributed by atoms with Gasteiger partial charge >= 0.3 is 0 Å². The Bertz CT molecular complexity index is 1210. The summed E-state index contributed by atoms with van der Waals surface area (Å²) in [6.45, 7) is 0.351. The van der Waals surface area contributed by atoms with Crippen molar-refractivity contribution in [2.24, 2.45) is 0 Å². The van der Waals surface area contributed by atoms with Crippen LogP contribution in [0.2, 0.25) is 0 Å². The lowest BCUT2D eigenvalue weighted by Crippen LogP contribution is -2.30. The molecule has 2 N–H and O–H groups in total. The van der Waals surface area contributed by atoms with Gasteiger partial charge in [0.2, 0.25) is 6.79 Å². The molecule has 0 unspecified atom stereocenters. The van der Waals surface area contributed by atoms with Gasteiger partial charge in [-0.2, -0.15) is 0 Å². The molecule has 1 aliphatic heterocycles. The van der Waals surface area contributed by atoms with Crippen LogP contribution in [-0.2, 0) is 11.2 Å². The highest BCUT2D eigenvalue weighted by Crippen LogP contribution is 2.34. The molecule has 1 aliphatic rings. The highest BCUT2D eigenvalue weighted by atomic mass is 16.7. The molecule has 9 nitrogen and oxygen atoms in total. The lowest BCUT2D eigenvalue weighted by Gasteiger charge is -2.12. The quantitative estimate of drug-likeness (QED) is 0.460. The summed E-state index contributed by atoms with van der Waals surface area (Å²) in [6, 6.07) is 17.5. The van der Waals surface area contributed by atoms with Crippen LogP contribution >= 0.6 is 0 Å². The highest BCUT2D eigenvalue weighted by Gasteiger charge is 2.17. The largest absolute Gasteiger partial charge is 0.493 e. The normalized spacial score (nSPS) is 11.5. The molecule has 1 heterocycles. The van der Waals surface area contributed by atoms with Crippen LogP contribution in [0.25, 0.3) is 0 Å². The van der Waals surface area contributed by atoms with E-state index >= 15 is 0 Å². The van der Waals surface area contributed by atoms with Crippen molar-refractivity contribution in [3.8, 4) is 28.7 Å². The summed E-state index contributed by atoms with van der Waals surface area (Å²) in [5, 5.41) is 5.63. The van der Waals surface area contributed by atoms with Crippen molar-refractivity contribution < 1.29 is 33.3 Å². The van der Waals surface area contributed by atoms with E-state index in [4.69, 9.17) is 23.7 Å². The number of benzene rings is 3. The summed E-state index contributed by atoms with van der Waals surface area (Å²) >= 11 is 0. The zero-order valence-corrected chi connectivity index (χ0v) is 19.5. The van der Waals surface area contributed by atoms with Crippen LogP contribution in [0, 0.1) is 0 Å². The van der Waals surface area contributed by atoms with E-state index in [1.807, 2.05) is 18.2 Å². The Labute approximate surface area is 202 Å². The van der Waals surface area contributed by atoms with Gasteiger partial charge in [-0.3, -0.25) is 9.59 Å². The zero-order chi connectivity index (χ0) is 24.6. The summed E-state index contributed by atoms with van der Waals surface area (Å²) in [5.74, 6) is 2.12. The van der Waals surface area contributed by atoms with E-state index in [1.165, 1.54) is 0 Å². The number of ether oxygens (including phenoxy) is 5. The Balaban J connectivity index is 1.29. The number of fused-ring (bicyclic) bond motifs is 1. The van der Waals surface area contributed by atoms with Gasteiger partial charge in [0.15, 0.2) is 29.6 Å². The minimum absolute atomic E-state index is 0.153. The molecule has 0 radical (unpaired) electrons. The lowest BCUT2D eigenvalue weighted by atomic mass is 10.1.